The van der Waals surface area contributed by atoms with Gasteiger partial charge in [-0.05, 0) is 56.8 Å². The SMILES string of the molecule is CCCN(CC(=O)Nc1ccc(Cl)cc1Cl)CC(=O)NC1(C#N)CCCC1. The average Bonchev–Trinajstić information content (AvgIpc) is 3.06. The molecule has 2 rings (SSSR count). The molecule has 0 radical (unpaired) electrons. The Morgan fingerprint density at radius 3 is 2.48 bits per heavy atom. The fourth-order valence-corrected chi connectivity index (χ4v) is 3.72. The molecule has 0 atom stereocenters. The third-order valence-electron chi connectivity index (χ3n) is 4.53. The highest BCUT2D eigenvalue weighted by Crippen LogP contribution is 2.29. The first-order chi connectivity index (χ1) is 12.9. The lowest BCUT2D eigenvalue weighted by atomic mass is 10.00. The number of anilines is 1. The van der Waals surface area contributed by atoms with Crippen LogP contribution in [-0.4, -0.2) is 41.9 Å². The van der Waals surface area contributed by atoms with Gasteiger partial charge in [-0.3, -0.25) is 14.5 Å². The summed E-state index contributed by atoms with van der Waals surface area (Å²) < 4.78 is 0. The lowest BCUT2D eigenvalue weighted by molar-refractivity contribution is -0.124. The van der Waals surface area contributed by atoms with Gasteiger partial charge in [-0.25, -0.2) is 0 Å². The number of carbonyl (C=O) groups is 2. The molecule has 0 saturated heterocycles. The van der Waals surface area contributed by atoms with Gasteiger partial charge in [0.1, 0.15) is 5.54 Å². The van der Waals surface area contributed by atoms with Crippen molar-refractivity contribution in [3.8, 4) is 6.07 Å². The molecule has 1 aromatic carbocycles. The van der Waals surface area contributed by atoms with Gasteiger partial charge in [-0.15, -0.1) is 0 Å². The van der Waals surface area contributed by atoms with Gasteiger partial charge in [0.2, 0.25) is 11.8 Å². The van der Waals surface area contributed by atoms with E-state index in [2.05, 4.69) is 16.7 Å². The zero-order valence-electron chi connectivity index (χ0n) is 15.4. The molecule has 1 saturated carbocycles. The molecule has 0 bridgehead atoms. The Bertz CT molecular complexity index is 727. The van der Waals surface area contributed by atoms with Gasteiger partial charge in [0.15, 0.2) is 0 Å². The number of hydrogen-bond donors (Lipinski definition) is 2. The summed E-state index contributed by atoms with van der Waals surface area (Å²) in [5.74, 6) is -0.499. The summed E-state index contributed by atoms with van der Waals surface area (Å²) in [6, 6.07) is 7.07. The monoisotopic (exact) mass is 410 g/mol. The summed E-state index contributed by atoms with van der Waals surface area (Å²) in [5.41, 5.74) is -0.282. The number of nitrogens with one attached hydrogen (secondary N) is 2. The maximum atomic E-state index is 12.4. The number of nitriles is 1. The fourth-order valence-electron chi connectivity index (χ4n) is 3.27. The molecule has 0 aliphatic heterocycles. The molecule has 2 amide bonds. The largest absolute Gasteiger partial charge is 0.337 e. The first kappa shape index (κ1) is 21.5. The summed E-state index contributed by atoms with van der Waals surface area (Å²) >= 11 is 11.9. The maximum Gasteiger partial charge on any atom is 0.238 e. The minimum Gasteiger partial charge on any atom is -0.337 e. The molecule has 1 aromatic rings. The van der Waals surface area contributed by atoms with Crippen LogP contribution in [0.4, 0.5) is 5.69 Å². The van der Waals surface area contributed by atoms with E-state index in [1.54, 1.807) is 23.1 Å². The quantitative estimate of drug-likeness (QED) is 0.685. The Morgan fingerprint density at radius 1 is 1.22 bits per heavy atom. The van der Waals surface area contributed by atoms with Crippen molar-refractivity contribution in [1.82, 2.24) is 10.2 Å². The van der Waals surface area contributed by atoms with Crippen molar-refractivity contribution >= 4 is 40.7 Å². The Morgan fingerprint density at radius 2 is 1.89 bits per heavy atom. The first-order valence-corrected chi connectivity index (χ1v) is 9.82. The van der Waals surface area contributed by atoms with Crippen LogP contribution in [0.1, 0.15) is 39.0 Å². The topological polar surface area (TPSA) is 85.2 Å². The highest BCUT2D eigenvalue weighted by atomic mass is 35.5. The van der Waals surface area contributed by atoms with E-state index >= 15 is 0 Å². The number of nitrogens with zero attached hydrogens (tertiary/aromatic N) is 2. The van der Waals surface area contributed by atoms with Crippen LogP contribution in [0.5, 0.6) is 0 Å². The maximum absolute atomic E-state index is 12.4. The van der Waals surface area contributed by atoms with Crippen molar-refractivity contribution in [2.45, 2.75) is 44.6 Å². The highest BCUT2D eigenvalue weighted by Gasteiger charge is 2.35. The zero-order chi connectivity index (χ0) is 19.9. The van der Waals surface area contributed by atoms with Crippen molar-refractivity contribution in [3.05, 3.63) is 28.2 Å². The molecule has 8 heteroatoms. The van der Waals surface area contributed by atoms with Gasteiger partial charge in [0.05, 0.1) is 29.9 Å². The average molecular weight is 411 g/mol. The number of amides is 2. The van der Waals surface area contributed by atoms with Crippen molar-refractivity contribution < 1.29 is 9.59 Å². The molecule has 0 aromatic heterocycles. The minimum atomic E-state index is -0.756. The van der Waals surface area contributed by atoms with Crippen LogP contribution < -0.4 is 10.6 Å². The number of benzene rings is 1. The normalized spacial score (nSPS) is 15.4. The Labute approximate surface area is 169 Å². The van der Waals surface area contributed by atoms with E-state index in [-0.39, 0.29) is 24.9 Å². The lowest BCUT2D eigenvalue weighted by Gasteiger charge is -2.25. The molecule has 146 valence electrons. The molecule has 2 N–H and O–H groups in total. The standard InChI is InChI=1S/C19H24Cl2N4O2/c1-2-9-25(12-18(27)24-19(13-22)7-3-4-8-19)11-17(26)23-16-6-5-14(20)10-15(16)21/h5-6,10H,2-4,7-9,11-12H2,1H3,(H,23,26)(H,24,27). The third kappa shape index (κ3) is 6.39. The van der Waals surface area contributed by atoms with Crippen molar-refractivity contribution in [1.29, 1.82) is 5.26 Å². The predicted molar refractivity (Wildman–Crippen MR) is 107 cm³/mol. The van der Waals surface area contributed by atoms with Gasteiger partial charge in [-0.2, -0.15) is 5.26 Å². The van der Waals surface area contributed by atoms with Gasteiger partial charge >= 0.3 is 0 Å². The molecular formula is C19H24Cl2N4O2. The van der Waals surface area contributed by atoms with Crippen LogP contribution in [0.2, 0.25) is 10.0 Å². The van der Waals surface area contributed by atoms with Crippen LogP contribution in [0.3, 0.4) is 0 Å². The van der Waals surface area contributed by atoms with E-state index in [0.29, 0.717) is 35.1 Å². The molecule has 0 spiro atoms. The van der Waals surface area contributed by atoms with Crippen molar-refractivity contribution in [2.24, 2.45) is 0 Å². The van der Waals surface area contributed by atoms with Crippen LogP contribution in [-0.2, 0) is 9.59 Å². The number of hydrogen-bond acceptors (Lipinski definition) is 4. The molecule has 0 unspecified atom stereocenters. The predicted octanol–water partition coefficient (Wildman–Crippen LogP) is 3.60. The van der Waals surface area contributed by atoms with Crippen LogP contribution in [0.25, 0.3) is 0 Å². The molecule has 0 heterocycles. The Hall–Kier alpha value is -1.81. The first-order valence-electron chi connectivity index (χ1n) is 9.07. The zero-order valence-corrected chi connectivity index (χ0v) is 16.9. The third-order valence-corrected chi connectivity index (χ3v) is 5.08. The van der Waals surface area contributed by atoms with Gasteiger partial charge in [-0.1, -0.05) is 30.1 Å². The second kappa shape index (κ2) is 9.93. The summed E-state index contributed by atoms with van der Waals surface area (Å²) in [6.45, 7) is 2.69. The summed E-state index contributed by atoms with van der Waals surface area (Å²) in [5, 5.41) is 15.8. The van der Waals surface area contributed by atoms with Crippen LogP contribution >= 0.6 is 23.2 Å². The Kier molecular flexibility index (Phi) is 7.91. The van der Waals surface area contributed by atoms with Gasteiger partial charge in [0, 0.05) is 5.02 Å². The van der Waals surface area contributed by atoms with E-state index in [1.807, 2.05) is 6.92 Å². The summed E-state index contributed by atoms with van der Waals surface area (Å²) in [7, 11) is 0. The van der Waals surface area contributed by atoms with E-state index < -0.39 is 5.54 Å². The molecular weight excluding hydrogens is 387 g/mol. The van der Waals surface area contributed by atoms with Crippen molar-refractivity contribution in [3.63, 3.8) is 0 Å². The summed E-state index contributed by atoms with van der Waals surface area (Å²) in [4.78, 5) is 26.5. The highest BCUT2D eigenvalue weighted by molar-refractivity contribution is 6.36. The second-order valence-corrected chi connectivity index (χ2v) is 7.68. The molecule has 27 heavy (non-hydrogen) atoms. The van der Waals surface area contributed by atoms with Gasteiger partial charge < -0.3 is 10.6 Å². The fraction of sp³-hybridized carbons (Fsp3) is 0.526. The van der Waals surface area contributed by atoms with E-state index in [1.165, 1.54) is 0 Å². The van der Waals surface area contributed by atoms with E-state index in [4.69, 9.17) is 23.2 Å². The molecule has 1 aliphatic carbocycles. The van der Waals surface area contributed by atoms with Crippen molar-refractivity contribution in [2.75, 3.05) is 25.0 Å². The lowest BCUT2D eigenvalue weighted by Crippen LogP contribution is -2.50. The Balaban J connectivity index is 1.93. The minimum absolute atomic E-state index is 0.0553. The molecule has 1 aliphatic rings. The smallest absolute Gasteiger partial charge is 0.238 e. The van der Waals surface area contributed by atoms with Crippen LogP contribution in [0, 0.1) is 11.3 Å². The number of rotatable bonds is 8. The van der Waals surface area contributed by atoms with E-state index in [0.717, 1.165) is 19.3 Å². The second-order valence-electron chi connectivity index (χ2n) is 6.83. The number of halogens is 2. The number of carbonyl (C=O) groups excluding carboxylic acids is 2. The molecule has 1 fully saturated rings. The molecule has 6 nitrogen and oxygen atoms in total. The van der Waals surface area contributed by atoms with E-state index in [9.17, 15) is 14.9 Å². The van der Waals surface area contributed by atoms with Gasteiger partial charge in [0.25, 0.3) is 0 Å². The van der Waals surface area contributed by atoms with Crippen LogP contribution in [0.15, 0.2) is 18.2 Å². The summed E-state index contributed by atoms with van der Waals surface area (Å²) in [6.07, 6.45) is 4.04.